The van der Waals surface area contributed by atoms with Crippen LogP contribution in [0, 0.1) is 0 Å². The van der Waals surface area contributed by atoms with Crippen molar-refractivity contribution >= 4 is 38.9 Å². The maximum atomic E-state index is 13.4. The average Bonchev–Trinajstić information content (AvgIpc) is 3.06. The Morgan fingerprint density at radius 2 is 1.66 bits per heavy atom. The largest absolute Gasteiger partial charge is 0.494 e. The van der Waals surface area contributed by atoms with E-state index in [9.17, 15) is 13.2 Å². The van der Waals surface area contributed by atoms with Crippen molar-refractivity contribution in [2.75, 3.05) is 17.5 Å². The monoisotopic (exact) mass is 477 g/mol. The summed E-state index contributed by atoms with van der Waals surface area (Å²) in [4.78, 5) is 12.7. The standard InChI is InChI=1S/C23H28ClN3O4S/c1-2-31-21-13-11-20(12-14-21)27(32(29,30)22-15-9-18(24)10-16-22)17-23(28)26-25-19-7-5-3-4-6-8-19/h9-16H,2-8,17H2,1H3,(H,26,28). The molecule has 0 spiro atoms. The number of rotatable bonds is 8. The summed E-state index contributed by atoms with van der Waals surface area (Å²) in [5, 5.41) is 4.68. The molecule has 0 unspecified atom stereocenters. The first-order chi connectivity index (χ1) is 15.4. The van der Waals surface area contributed by atoms with E-state index in [0.717, 1.165) is 48.5 Å². The Morgan fingerprint density at radius 3 is 2.25 bits per heavy atom. The van der Waals surface area contributed by atoms with E-state index in [1.165, 1.54) is 24.3 Å². The minimum Gasteiger partial charge on any atom is -0.494 e. The molecule has 1 aliphatic rings. The summed E-state index contributed by atoms with van der Waals surface area (Å²) in [5.74, 6) is 0.109. The van der Waals surface area contributed by atoms with Crippen molar-refractivity contribution in [3.8, 4) is 5.75 Å². The minimum atomic E-state index is -4.02. The number of carbonyl (C=O) groups excluding carboxylic acids is 1. The van der Waals surface area contributed by atoms with Gasteiger partial charge in [-0.25, -0.2) is 13.8 Å². The molecular formula is C23H28ClN3O4S. The quantitative estimate of drug-likeness (QED) is 0.438. The number of benzene rings is 2. The van der Waals surface area contributed by atoms with Gasteiger partial charge < -0.3 is 4.74 Å². The van der Waals surface area contributed by atoms with E-state index >= 15 is 0 Å². The molecule has 0 heterocycles. The summed E-state index contributed by atoms with van der Waals surface area (Å²) < 4.78 is 33.3. The second-order valence-corrected chi connectivity index (χ2v) is 9.82. The summed E-state index contributed by atoms with van der Waals surface area (Å²) in [6.45, 7) is 1.95. The lowest BCUT2D eigenvalue weighted by molar-refractivity contribution is -0.119. The predicted octanol–water partition coefficient (Wildman–Crippen LogP) is 4.76. The normalized spacial score (nSPS) is 14.4. The molecule has 0 aliphatic heterocycles. The number of carbonyl (C=O) groups is 1. The topological polar surface area (TPSA) is 88.1 Å². The van der Waals surface area contributed by atoms with Crippen LogP contribution in [0.3, 0.4) is 0 Å². The SMILES string of the molecule is CCOc1ccc(N(CC(=O)NN=C2CCCCCC2)S(=O)(=O)c2ccc(Cl)cc2)cc1. The van der Waals surface area contributed by atoms with Gasteiger partial charge in [-0.15, -0.1) is 0 Å². The molecule has 1 amide bonds. The number of sulfonamides is 1. The third-order valence-corrected chi connectivity index (χ3v) is 7.18. The number of hydrazone groups is 1. The number of nitrogens with one attached hydrogen (secondary N) is 1. The zero-order valence-electron chi connectivity index (χ0n) is 18.1. The lowest BCUT2D eigenvalue weighted by atomic mass is 10.2. The van der Waals surface area contributed by atoms with Gasteiger partial charge in [0.05, 0.1) is 17.2 Å². The lowest BCUT2D eigenvalue weighted by Gasteiger charge is -2.24. The van der Waals surface area contributed by atoms with Crippen LogP contribution in [0.15, 0.2) is 58.5 Å². The third-order valence-electron chi connectivity index (χ3n) is 5.14. The van der Waals surface area contributed by atoms with Crippen molar-refractivity contribution < 1.29 is 17.9 Å². The highest BCUT2D eigenvalue weighted by Gasteiger charge is 2.27. The summed E-state index contributed by atoms with van der Waals surface area (Å²) in [5.41, 5.74) is 3.84. The van der Waals surface area contributed by atoms with E-state index in [1.807, 2.05) is 6.92 Å². The van der Waals surface area contributed by atoms with Crippen LogP contribution in [0.4, 0.5) is 5.69 Å². The van der Waals surface area contributed by atoms with E-state index in [4.69, 9.17) is 16.3 Å². The van der Waals surface area contributed by atoms with E-state index in [2.05, 4.69) is 10.5 Å². The summed E-state index contributed by atoms with van der Waals surface area (Å²) >= 11 is 5.92. The number of nitrogens with zero attached hydrogens (tertiary/aromatic N) is 2. The zero-order valence-corrected chi connectivity index (χ0v) is 19.7. The molecule has 1 aliphatic carbocycles. The van der Waals surface area contributed by atoms with Crippen molar-refractivity contribution in [2.45, 2.75) is 50.3 Å². The molecule has 0 saturated heterocycles. The molecule has 9 heteroatoms. The van der Waals surface area contributed by atoms with Crippen molar-refractivity contribution in [2.24, 2.45) is 5.10 Å². The van der Waals surface area contributed by atoms with Crippen molar-refractivity contribution in [1.29, 1.82) is 0 Å². The highest BCUT2D eigenvalue weighted by molar-refractivity contribution is 7.92. The molecule has 2 aromatic carbocycles. The average molecular weight is 478 g/mol. The first-order valence-electron chi connectivity index (χ1n) is 10.8. The predicted molar refractivity (Wildman–Crippen MR) is 127 cm³/mol. The van der Waals surface area contributed by atoms with Gasteiger partial charge in [0.25, 0.3) is 15.9 Å². The molecule has 0 bridgehead atoms. The number of anilines is 1. The molecule has 3 rings (SSSR count). The van der Waals surface area contributed by atoms with Crippen LogP contribution in [-0.2, 0) is 14.8 Å². The van der Waals surface area contributed by atoms with Gasteiger partial charge in [0.1, 0.15) is 12.3 Å². The Labute approximate surface area is 194 Å². The van der Waals surface area contributed by atoms with Crippen LogP contribution < -0.4 is 14.5 Å². The highest BCUT2D eigenvalue weighted by Crippen LogP contribution is 2.26. The summed E-state index contributed by atoms with van der Waals surface area (Å²) in [6, 6.07) is 12.4. The number of hydrogen-bond acceptors (Lipinski definition) is 5. The second-order valence-electron chi connectivity index (χ2n) is 7.52. The van der Waals surface area contributed by atoms with Gasteiger partial charge in [-0.3, -0.25) is 9.10 Å². The molecular weight excluding hydrogens is 450 g/mol. The number of amides is 1. The summed E-state index contributed by atoms with van der Waals surface area (Å²) in [7, 11) is -4.02. The lowest BCUT2D eigenvalue weighted by Crippen LogP contribution is -2.39. The Bertz CT molecular complexity index is 1030. The Morgan fingerprint density at radius 1 is 1.03 bits per heavy atom. The smallest absolute Gasteiger partial charge is 0.264 e. The van der Waals surface area contributed by atoms with Gasteiger partial charge in [0, 0.05) is 10.7 Å². The maximum absolute atomic E-state index is 13.4. The molecule has 7 nitrogen and oxygen atoms in total. The highest BCUT2D eigenvalue weighted by atomic mass is 35.5. The van der Waals surface area contributed by atoms with Gasteiger partial charge in [-0.05, 0) is 81.1 Å². The van der Waals surface area contributed by atoms with E-state index in [1.54, 1.807) is 24.3 Å². The van der Waals surface area contributed by atoms with Crippen LogP contribution in [0.25, 0.3) is 0 Å². The van der Waals surface area contributed by atoms with E-state index in [0.29, 0.717) is 23.1 Å². The fourth-order valence-electron chi connectivity index (χ4n) is 3.48. The Balaban J connectivity index is 1.85. The molecule has 1 fully saturated rings. The fraction of sp³-hybridized carbons (Fsp3) is 0.391. The van der Waals surface area contributed by atoms with Crippen molar-refractivity contribution in [3.63, 3.8) is 0 Å². The van der Waals surface area contributed by atoms with E-state index < -0.39 is 22.5 Å². The number of ether oxygens (including phenoxy) is 1. The van der Waals surface area contributed by atoms with Gasteiger partial charge in [-0.2, -0.15) is 5.10 Å². The van der Waals surface area contributed by atoms with Gasteiger partial charge >= 0.3 is 0 Å². The molecule has 32 heavy (non-hydrogen) atoms. The molecule has 1 saturated carbocycles. The van der Waals surface area contributed by atoms with Crippen LogP contribution in [-0.4, -0.2) is 33.2 Å². The number of halogens is 1. The molecule has 172 valence electrons. The molecule has 1 N–H and O–H groups in total. The van der Waals surface area contributed by atoms with Crippen LogP contribution >= 0.6 is 11.6 Å². The van der Waals surface area contributed by atoms with Crippen LogP contribution in [0.5, 0.6) is 5.75 Å². The molecule has 2 aromatic rings. The molecule has 0 atom stereocenters. The van der Waals surface area contributed by atoms with Crippen molar-refractivity contribution in [1.82, 2.24) is 5.43 Å². The first kappa shape index (κ1) is 24.1. The van der Waals surface area contributed by atoms with Crippen molar-refractivity contribution in [3.05, 3.63) is 53.6 Å². The first-order valence-corrected chi connectivity index (χ1v) is 12.6. The minimum absolute atomic E-state index is 0.0404. The zero-order chi connectivity index (χ0) is 23.0. The summed E-state index contributed by atoms with van der Waals surface area (Å²) in [6.07, 6.45) is 6.14. The Hall–Kier alpha value is -2.58. The molecule has 0 radical (unpaired) electrons. The maximum Gasteiger partial charge on any atom is 0.264 e. The Kier molecular flexibility index (Phi) is 8.53. The third kappa shape index (κ3) is 6.46. The van der Waals surface area contributed by atoms with Crippen LogP contribution in [0.2, 0.25) is 5.02 Å². The second kappa shape index (κ2) is 11.3. The van der Waals surface area contributed by atoms with Crippen LogP contribution in [0.1, 0.15) is 45.4 Å². The van der Waals surface area contributed by atoms with Gasteiger partial charge in [0.2, 0.25) is 0 Å². The number of hydrogen-bond donors (Lipinski definition) is 1. The molecule has 0 aromatic heterocycles. The van der Waals surface area contributed by atoms with E-state index in [-0.39, 0.29) is 4.90 Å². The van der Waals surface area contributed by atoms with Gasteiger partial charge in [0.15, 0.2) is 0 Å². The van der Waals surface area contributed by atoms with Gasteiger partial charge in [-0.1, -0.05) is 24.4 Å². The fourth-order valence-corrected chi connectivity index (χ4v) is 5.03.